The van der Waals surface area contributed by atoms with E-state index >= 15 is 0 Å². The van der Waals surface area contributed by atoms with E-state index in [0.29, 0.717) is 18.8 Å². The fourth-order valence-corrected chi connectivity index (χ4v) is 2.11. The summed E-state index contributed by atoms with van der Waals surface area (Å²) in [5, 5.41) is 7.77. The molecule has 0 radical (unpaired) electrons. The van der Waals surface area contributed by atoms with Gasteiger partial charge in [0.05, 0.1) is 12.2 Å². The standard InChI is InChI=1S/C16H16N4O2/c1-13-7-5-6-10-15(13)22-12-11-19-16(21)20(18-17-19)14-8-3-2-4-9-14/h2-10H,11-12H2,1H3. The van der Waals surface area contributed by atoms with Gasteiger partial charge in [-0.1, -0.05) is 36.4 Å². The van der Waals surface area contributed by atoms with E-state index in [1.54, 1.807) is 0 Å². The quantitative estimate of drug-likeness (QED) is 0.720. The summed E-state index contributed by atoms with van der Waals surface area (Å²) in [5.74, 6) is 0.811. The zero-order chi connectivity index (χ0) is 15.4. The third-order valence-electron chi connectivity index (χ3n) is 3.29. The smallest absolute Gasteiger partial charge is 0.368 e. The lowest BCUT2D eigenvalue weighted by molar-refractivity contribution is 0.286. The Kier molecular flexibility index (Phi) is 4.00. The number of aromatic nitrogens is 4. The first kappa shape index (κ1) is 14.1. The molecule has 0 aliphatic heterocycles. The van der Waals surface area contributed by atoms with E-state index in [0.717, 1.165) is 11.3 Å². The maximum atomic E-state index is 12.2. The van der Waals surface area contributed by atoms with Crippen molar-refractivity contribution in [2.24, 2.45) is 0 Å². The lowest BCUT2D eigenvalue weighted by Gasteiger charge is -2.07. The van der Waals surface area contributed by atoms with Crippen molar-refractivity contribution < 1.29 is 4.74 Å². The van der Waals surface area contributed by atoms with Crippen molar-refractivity contribution in [2.45, 2.75) is 13.5 Å². The first-order valence-corrected chi connectivity index (χ1v) is 7.02. The maximum absolute atomic E-state index is 12.2. The summed E-state index contributed by atoms with van der Waals surface area (Å²) < 4.78 is 8.24. The predicted octanol–water partition coefficient (Wildman–Crippen LogP) is 1.82. The molecule has 0 aliphatic carbocycles. The Morgan fingerprint density at radius 3 is 2.50 bits per heavy atom. The van der Waals surface area contributed by atoms with Crippen molar-refractivity contribution in [3.05, 3.63) is 70.6 Å². The molecule has 6 heteroatoms. The molecule has 0 unspecified atom stereocenters. The van der Waals surface area contributed by atoms with Crippen LogP contribution in [0.25, 0.3) is 5.69 Å². The van der Waals surface area contributed by atoms with E-state index in [-0.39, 0.29) is 5.69 Å². The number of para-hydroxylation sites is 2. The average Bonchev–Trinajstić information content (AvgIpc) is 2.91. The van der Waals surface area contributed by atoms with Gasteiger partial charge >= 0.3 is 5.69 Å². The van der Waals surface area contributed by atoms with Crippen LogP contribution in [0, 0.1) is 6.92 Å². The van der Waals surface area contributed by atoms with Crippen molar-refractivity contribution in [1.82, 2.24) is 19.8 Å². The summed E-state index contributed by atoms with van der Waals surface area (Å²) in [6, 6.07) is 17.0. The molecular weight excluding hydrogens is 280 g/mol. The van der Waals surface area contributed by atoms with Crippen LogP contribution in [0.4, 0.5) is 0 Å². The van der Waals surface area contributed by atoms with Crippen LogP contribution in [0.5, 0.6) is 5.75 Å². The van der Waals surface area contributed by atoms with Crippen LogP contribution in [0.15, 0.2) is 59.4 Å². The van der Waals surface area contributed by atoms with Gasteiger partial charge in [-0.05, 0) is 41.1 Å². The van der Waals surface area contributed by atoms with E-state index < -0.39 is 0 Å². The maximum Gasteiger partial charge on any atom is 0.368 e. The van der Waals surface area contributed by atoms with Gasteiger partial charge in [0, 0.05) is 0 Å². The van der Waals surface area contributed by atoms with Gasteiger partial charge < -0.3 is 4.74 Å². The van der Waals surface area contributed by atoms with Crippen molar-refractivity contribution in [3.63, 3.8) is 0 Å². The molecule has 0 bridgehead atoms. The van der Waals surface area contributed by atoms with Gasteiger partial charge in [-0.15, -0.1) is 0 Å². The highest BCUT2D eigenvalue weighted by Gasteiger charge is 2.08. The molecule has 0 fully saturated rings. The Bertz CT molecular complexity index is 808. The van der Waals surface area contributed by atoms with E-state index in [2.05, 4.69) is 10.4 Å². The molecule has 1 aromatic heterocycles. The van der Waals surface area contributed by atoms with E-state index in [1.807, 2.05) is 61.5 Å². The molecule has 3 aromatic rings. The van der Waals surface area contributed by atoms with Crippen LogP contribution >= 0.6 is 0 Å². The van der Waals surface area contributed by atoms with Gasteiger partial charge in [0.15, 0.2) is 0 Å². The van der Waals surface area contributed by atoms with E-state index in [1.165, 1.54) is 9.36 Å². The first-order chi connectivity index (χ1) is 10.8. The van der Waals surface area contributed by atoms with Crippen molar-refractivity contribution in [1.29, 1.82) is 0 Å². The predicted molar refractivity (Wildman–Crippen MR) is 82.3 cm³/mol. The highest BCUT2D eigenvalue weighted by Crippen LogP contribution is 2.15. The number of benzene rings is 2. The third kappa shape index (κ3) is 2.90. The zero-order valence-electron chi connectivity index (χ0n) is 12.2. The minimum absolute atomic E-state index is 0.278. The Morgan fingerprint density at radius 2 is 1.73 bits per heavy atom. The lowest BCUT2D eigenvalue weighted by Crippen LogP contribution is -2.26. The molecule has 0 amide bonds. The van der Waals surface area contributed by atoms with Crippen LogP contribution in [-0.2, 0) is 6.54 Å². The van der Waals surface area contributed by atoms with Gasteiger partial charge in [0.2, 0.25) is 0 Å². The number of hydrogen-bond acceptors (Lipinski definition) is 4. The van der Waals surface area contributed by atoms with Crippen LogP contribution in [0.2, 0.25) is 0 Å². The highest BCUT2D eigenvalue weighted by molar-refractivity contribution is 5.31. The number of aryl methyl sites for hydroxylation is 1. The molecule has 22 heavy (non-hydrogen) atoms. The fourth-order valence-electron chi connectivity index (χ4n) is 2.11. The minimum Gasteiger partial charge on any atom is -0.491 e. The van der Waals surface area contributed by atoms with Crippen molar-refractivity contribution >= 4 is 0 Å². The largest absolute Gasteiger partial charge is 0.491 e. The Labute approximate surface area is 127 Å². The summed E-state index contributed by atoms with van der Waals surface area (Å²) in [7, 11) is 0. The Hall–Kier alpha value is -2.89. The SMILES string of the molecule is Cc1ccccc1OCCn1nnn(-c2ccccc2)c1=O. The third-order valence-corrected chi connectivity index (χ3v) is 3.29. The van der Waals surface area contributed by atoms with Gasteiger partial charge in [-0.25, -0.2) is 4.79 Å². The summed E-state index contributed by atoms with van der Waals surface area (Å²) in [6.45, 7) is 2.69. The first-order valence-electron chi connectivity index (χ1n) is 7.02. The van der Waals surface area contributed by atoms with Gasteiger partial charge in [0.1, 0.15) is 12.4 Å². The molecule has 0 aliphatic rings. The average molecular weight is 296 g/mol. The summed E-state index contributed by atoms with van der Waals surface area (Å²) in [5.41, 5.74) is 1.47. The molecule has 0 spiro atoms. The molecule has 3 rings (SSSR count). The monoisotopic (exact) mass is 296 g/mol. The van der Waals surface area contributed by atoms with Gasteiger partial charge in [-0.2, -0.15) is 9.36 Å². The number of nitrogens with zero attached hydrogens (tertiary/aromatic N) is 4. The number of hydrogen-bond donors (Lipinski definition) is 0. The van der Waals surface area contributed by atoms with Crippen LogP contribution < -0.4 is 10.4 Å². The summed E-state index contributed by atoms with van der Waals surface area (Å²) >= 11 is 0. The molecule has 0 saturated heterocycles. The highest BCUT2D eigenvalue weighted by atomic mass is 16.5. The van der Waals surface area contributed by atoms with Crippen molar-refractivity contribution in [3.8, 4) is 11.4 Å². The van der Waals surface area contributed by atoms with Crippen molar-refractivity contribution in [2.75, 3.05) is 6.61 Å². The summed E-state index contributed by atoms with van der Waals surface area (Å²) in [4.78, 5) is 12.2. The minimum atomic E-state index is -0.278. The second-order valence-electron chi connectivity index (χ2n) is 4.85. The Balaban J connectivity index is 1.69. The van der Waals surface area contributed by atoms with Crippen LogP contribution in [-0.4, -0.2) is 26.4 Å². The molecule has 6 nitrogen and oxygen atoms in total. The second kappa shape index (κ2) is 6.26. The molecule has 0 saturated carbocycles. The number of tetrazole rings is 1. The molecular formula is C16H16N4O2. The molecule has 2 aromatic carbocycles. The zero-order valence-corrected chi connectivity index (χ0v) is 12.2. The normalized spacial score (nSPS) is 10.6. The molecule has 0 atom stereocenters. The molecule has 1 heterocycles. The second-order valence-corrected chi connectivity index (χ2v) is 4.85. The number of ether oxygens (including phenoxy) is 1. The summed E-state index contributed by atoms with van der Waals surface area (Å²) in [6.07, 6.45) is 0. The van der Waals surface area contributed by atoms with E-state index in [4.69, 9.17) is 4.74 Å². The van der Waals surface area contributed by atoms with Crippen LogP contribution in [0.1, 0.15) is 5.56 Å². The van der Waals surface area contributed by atoms with Crippen LogP contribution in [0.3, 0.4) is 0 Å². The molecule has 0 N–H and O–H groups in total. The van der Waals surface area contributed by atoms with E-state index in [9.17, 15) is 4.79 Å². The Morgan fingerprint density at radius 1 is 1.00 bits per heavy atom. The fraction of sp³-hybridized carbons (Fsp3) is 0.188. The van der Waals surface area contributed by atoms with Gasteiger partial charge in [-0.3, -0.25) is 0 Å². The topological polar surface area (TPSA) is 61.9 Å². The lowest BCUT2D eigenvalue weighted by atomic mass is 10.2. The number of rotatable bonds is 5. The van der Waals surface area contributed by atoms with Gasteiger partial charge in [0.25, 0.3) is 0 Å². The molecule has 112 valence electrons.